The first-order valence-corrected chi connectivity index (χ1v) is 11.0. The van der Waals surface area contributed by atoms with Gasteiger partial charge in [0, 0.05) is 18.2 Å². The minimum atomic E-state index is -3.90. The second-order valence-corrected chi connectivity index (χ2v) is 9.19. The normalized spacial score (nSPS) is 14.1. The molecule has 1 heterocycles. The molecule has 156 valence electrons. The van der Waals surface area contributed by atoms with Crippen molar-refractivity contribution in [3.63, 3.8) is 0 Å². The van der Waals surface area contributed by atoms with Crippen LogP contribution in [0.4, 0.5) is 4.39 Å². The van der Waals surface area contributed by atoms with Crippen LogP contribution in [0.5, 0.6) is 0 Å². The highest BCUT2D eigenvalue weighted by molar-refractivity contribution is 7.89. The lowest BCUT2D eigenvalue weighted by atomic mass is 10.1. The summed E-state index contributed by atoms with van der Waals surface area (Å²) < 4.78 is 46.2. The highest BCUT2D eigenvalue weighted by Gasteiger charge is 2.26. The summed E-state index contributed by atoms with van der Waals surface area (Å²) in [5, 5.41) is 2.92. The fourth-order valence-electron chi connectivity index (χ4n) is 3.02. The van der Waals surface area contributed by atoms with E-state index in [0.29, 0.717) is 11.3 Å². The Labute approximate surface area is 174 Å². The van der Waals surface area contributed by atoms with Gasteiger partial charge < -0.3 is 9.73 Å². The summed E-state index contributed by atoms with van der Waals surface area (Å²) in [4.78, 5) is 12.1. The van der Waals surface area contributed by atoms with Crippen LogP contribution in [-0.4, -0.2) is 24.7 Å². The molecule has 0 unspecified atom stereocenters. The summed E-state index contributed by atoms with van der Waals surface area (Å²) >= 11 is 0. The van der Waals surface area contributed by atoms with Crippen molar-refractivity contribution < 1.29 is 22.0 Å². The monoisotopic (exact) mass is 428 g/mol. The summed E-state index contributed by atoms with van der Waals surface area (Å²) in [5.41, 5.74) is 1.25. The molecule has 6 nitrogen and oxygen atoms in total. The predicted molar refractivity (Wildman–Crippen MR) is 108 cm³/mol. The van der Waals surface area contributed by atoms with E-state index in [4.69, 9.17) is 4.42 Å². The zero-order valence-corrected chi connectivity index (χ0v) is 16.9. The molecule has 1 N–H and O–H groups in total. The topological polar surface area (TPSA) is 79.6 Å². The average molecular weight is 428 g/mol. The van der Waals surface area contributed by atoms with Gasteiger partial charge in [-0.3, -0.25) is 4.79 Å². The van der Waals surface area contributed by atoms with Crippen LogP contribution in [-0.2, 0) is 23.1 Å². The van der Waals surface area contributed by atoms with Gasteiger partial charge in [0.25, 0.3) is 5.91 Å². The molecule has 0 aliphatic heterocycles. The first-order chi connectivity index (χ1) is 14.4. The predicted octanol–water partition coefficient (Wildman–Crippen LogP) is 3.70. The van der Waals surface area contributed by atoms with E-state index in [1.807, 2.05) is 0 Å². The number of carbonyl (C=O) groups excluding carboxylic acids is 1. The molecule has 2 aromatic carbocycles. The molecule has 0 saturated heterocycles. The standard InChI is InChI=1S/C22H21FN2O4S/c23-18-7-11-21(12-8-18)30(27,28)25(15-20-2-1-13-29-20)14-16-3-5-17(6-4-16)22(26)24-19-9-10-19/h1-8,11-13,19H,9-10,14-15H2,(H,24,26). The number of rotatable bonds is 8. The zero-order chi connectivity index (χ0) is 21.1. The quantitative estimate of drug-likeness (QED) is 0.593. The van der Waals surface area contributed by atoms with Crippen molar-refractivity contribution in [1.29, 1.82) is 0 Å². The van der Waals surface area contributed by atoms with E-state index in [1.165, 1.54) is 22.7 Å². The molecule has 1 aliphatic rings. The summed E-state index contributed by atoms with van der Waals surface area (Å²) in [5.74, 6) is -0.150. The maximum Gasteiger partial charge on any atom is 0.251 e. The molecule has 1 fully saturated rings. The van der Waals surface area contributed by atoms with Crippen LogP contribution in [0.25, 0.3) is 0 Å². The molecule has 30 heavy (non-hydrogen) atoms. The Morgan fingerprint density at radius 1 is 1.03 bits per heavy atom. The molecule has 4 rings (SSSR count). The number of furan rings is 1. The highest BCUT2D eigenvalue weighted by atomic mass is 32.2. The molecule has 0 bridgehead atoms. The second kappa shape index (κ2) is 8.41. The van der Waals surface area contributed by atoms with Crippen molar-refractivity contribution in [3.05, 3.63) is 89.6 Å². The zero-order valence-electron chi connectivity index (χ0n) is 16.1. The van der Waals surface area contributed by atoms with Crippen LogP contribution in [0.15, 0.2) is 76.2 Å². The first-order valence-electron chi connectivity index (χ1n) is 9.60. The summed E-state index contributed by atoms with van der Waals surface area (Å²) in [6.07, 6.45) is 3.49. The van der Waals surface area contributed by atoms with Crippen molar-refractivity contribution in [3.8, 4) is 0 Å². The fourth-order valence-corrected chi connectivity index (χ4v) is 4.41. The molecule has 1 aromatic heterocycles. The maximum absolute atomic E-state index is 13.3. The molecule has 3 aromatic rings. The van der Waals surface area contributed by atoms with Gasteiger partial charge in [-0.2, -0.15) is 4.31 Å². The lowest BCUT2D eigenvalue weighted by molar-refractivity contribution is 0.0951. The van der Waals surface area contributed by atoms with Crippen molar-refractivity contribution in [1.82, 2.24) is 9.62 Å². The third-order valence-corrected chi connectivity index (χ3v) is 6.66. The number of amides is 1. The number of nitrogens with zero attached hydrogens (tertiary/aromatic N) is 1. The Morgan fingerprint density at radius 2 is 1.73 bits per heavy atom. The smallest absolute Gasteiger partial charge is 0.251 e. The number of carbonyl (C=O) groups is 1. The lowest BCUT2D eigenvalue weighted by Gasteiger charge is -2.21. The van der Waals surface area contributed by atoms with Gasteiger partial charge in [-0.05, 0) is 66.9 Å². The molecular weight excluding hydrogens is 407 g/mol. The number of halogens is 1. The Balaban J connectivity index is 1.56. The van der Waals surface area contributed by atoms with Crippen molar-refractivity contribution in [2.75, 3.05) is 0 Å². The van der Waals surface area contributed by atoms with E-state index in [0.717, 1.165) is 30.5 Å². The molecular formula is C22H21FN2O4S. The van der Waals surface area contributed by atoms with E-state index in [-0.39, 0.29) is 29.9 Å². The third-order valence-electron chi connectivity index (χ3n) is 4.85. The average Bonchev–Trinajstić information content (AvgIpc) is 3.40. The second-order valence-electron chi connectivity index (χ2n) is 7.25. The molecule has 8 heteroatoms. The number of hydrogen-bond acceptors (Lipinski definition) is 4. The van der Waals surface area contributed by atoms with E-state index in [2.05, 4.69) is 5.32 Å². The molecule has 1 amide bonds. The summed E-state index contributed by atoms with van der Waals surface area (Å²) in [7, 11) is -3.90. The summed E-state index contributed by atoms with van der Waals surface area (Å²) in [6, 6.07) is 15.2. The molecule has 1 saturated carbocycles. The van der Waals surface area contributed by atoms with Gasteiger partial charge in [0.05, 0.1) is 17.7 Å². The number of benzene rings is 2. The molecule has 0 radical (unpaired) electrons. The number of sulfonamides is 1. The molecule has 1 aliphatic carbocycles. The van der Waals surface area contributed by atoms with Gasteiger partial charge in [-0.25, -0.2) is 12.8 Å². The molecule has 0 spiro atoms. The van der Waals surface area contributed by atoms with Crippen LogP contribution < -0.4 is 5.32 Å². The third kappa shape index (κ3) is 4.77. The van der Waals surface area contributed by atoms with Crippen molar-refractivity contribution in [2.24, 2.45) is 0 Å². The minimum absolute atomic E-state index is 0.00381. The van der Waals surface area contributed by atoms with Gasteiger partial charge in [-0.15, -0.1) is 0 Å². The van der Waals surface area contributed by atoms with Gasteiger partial charge in [0.2, 0.25) is 10.0 Å². The largest absolute Gasteiger partial charge is 0.468 e. The van der Waals surface area contributed by atoms with Gasteiger partial charge in [0.15, 0.2) is 0 Å². The van der Waals surface area contributed by atoms with Crippen LogP contribution in [0.2, 0.25) is 0 Å². The maximum atomic E-state index is 13.3. The van der Waals surface area contributed by atoms with Gasteiger partial charge in [0.1, 0.15) is 11.6 Å². The Hall–Kier alpha value is -2.97. The number of nitrogens with one attached hydrogen (secondary N) is 1. The lowest BCUT2D eigenvalue weighted by Crippen LogP contribution is -2.30. The van der Waals surface area contributed by atoms with Crippen molar-refractivity contribution >= 4 is 15.9 Å². The Morgan fingerprint density at radius 3 is 2.33 bits per heavy atom. The Kier molecular flexibility index (Phi) is 5.69. The minimum Gasteiger partial charge on any atom is -0.468 e. The highest BCUT2D eigenvalue weighted by Crippen LogP contribution is 2.23. The van der Waals surface area contributed by atoms with Crippen molar-refractivity contribution in [2.45, 2.75) is 36.9 Å². The SMILES string of the molecule is O=C(NC1CC1)c1ccc(CN(Cc2ccco2)S(=O)(=O)c2ccc(F)cc2)cc1. The first kappa shape index (κ1) is 20.3. The van der Waals surface area contributed by atoms with Gasteiger partial charge >= 0.3 is 0 Å². The number of hydrogen-bond donors (Lipinski definition) is 1. The van der Waals surface area contributed by atoms with Crippen LogP contribution in [0.3, 0.4) is 0 Å². The van der Waals surface area contributed by atoms with Gasteiger partial charge in [-0.1, -0.05) is 12.1 Å². The van der Waals surface area contributed by atoms with E-state index < -0.39 is 15.8 Å². The Bertz CT molecular complexity index is 1110. The fraction of sp³-hybridized carbons (Fsp3) is 0.227. The van der Waals surface area contributed by atoms with E-state index in [9.17, 15) is 17.6 Å². The van der Waals surface area contributed by atoms with Crippen LogP contribution >= 0.6 is 0 Å². The summed E-state index contributed by atoms with van der Waals surface area (Å²) in [6.45, 7) is 0.0988. The van der Waals surface area contributed by atoms with Crippen LogP contribution in [0, 0.1) is 5.82 Å². The van der Waals surface area contributed by atoms with E-state index in [1.54, 1.807) is 36.4 Å². The van der Waals surface area contributed by atoms with Crippen LogP contribution in [0.1, 0.15) is 34.5 Å². The molecule has 0 atom stereocenters. The van der Waals surface area contributed by atoms with E-state index >= 15 is 0 Å².